The number of amides is 1. The van der Waals surface area contributed by atoms with Crippen molar-refractivity contribution in [3.05, 3.63) is 22.4 Å². The third-order valence-electron chi connectivity index (χ3n) is 2.66. The smallest absolute Gasteiger partial charge is 0.270 e. The molecule has 5 heteroatoms. The number of halogens is 1. The predicted octanol–water partition coefficient (Wildman–Crippen LogP) is 2.03. The molecule has 1 aromatic heterocycles. The summed E-state index contributed by atoms with van der Waals surface area (Å²) >= 11 is 3.33. The summed E-state index contributed by atoms with van der Waals surface area (Å²) < 4.78 is 5.93. The highest BCUT2D eigenvalue weighted by Gasteiger charge is 2.33. The summed E-state index contributed by atoms with van der Waals surface area (Å²) in [6, 6.07) is 2.22. The van der Waals surface area contributed by atoms with E-state index in [0.29, 0.717) is 24.9 Å². The number of H-pyrrole nitrogens is 1. The molecule has 1 heterocycles. The first-order valence-corrected chi connectivity index (χ1v) is 6.15. The van der Waals surface area contributed by atoms with Crippen molar-refractivity contribution < 1.29 is 9.53 Å². The number of hydrogen-bond acceptors (Lipinski definition) is 2. The van der Waals surface area contributed by atoms with Crippen molar-refractivity contribution in [2.45, 2.75) is 18.9 Å². The average Bonchev–Trinajstić information content (AvgIpc) is 3.01. The highest BCUT2D eigenvalue weighted by molar-refractivity contribution is 9.10. The van der Waals surface area contributed by atoms with Crippen molar-refractivity contribution in [1.29, 1.82) is 0 Å². The van der Waals surface area contributed by atoms with E-state index in [1.54, 1.807) is 13.3 Å². The molecule has 1 aliphatic carbocycles. The van der Waals surface area contributed by atoms with Crippen LogP contribution in [0.1, 0.15) is 23.3 Å². The Morgan fingerprint density at radius 1 is 1.69 bits per heavy atom. The lowest BCUT2D eigenvalue weighted by Gasteiger charge is -2.21. The number of nitrogens with one attached hydrogen (secondary N) is 1. The van der Waals surface area contributed by atoms with Gasteiger partial charge in [0.15, 0.2) is 0 Å². The van der Waals surface area contributed by atoms with Crippen molar-refractivity contribution in [1.82, 2.24) is 9.88 Å². The van der Waals surface area contributed by atoms with Gasteiger partial charge in [0.25, 0.3) is 5.91 Å². The van der Waals surface area contributed by atoms with Gasteiger partial charge in [-0.15, -0.1) is 0 Å². The quantitative estimate of drug-likeness (QED) is 0.900. The van der Waals surface area contributed by atoms with Gasteiger partial charge in [-0.1, -0.05) is 0 Å². The number of hydrogen-bond donors (Lipinski definition) is 1. The Balaban J connectivity index is 2.04. The van der Waals surface area contributed by atoms with Crippen LogP contribution in [0.3, 0.4) is 0 Å². The minimum absolute atomic E-state index is 0.0604. The molecule has 0 bridgehead atoms. The van der Waals surface area contributed by atoms with Gasteiger partial charge in [0, 0.05) is 30.4 Å². The molecule has 0 saturated heterocycles. The third kappa shape index (κ3) is 2.65. The maximum absolute atomic E-state index is 12.2. The van der Waals surface area contributed by atoms with Gasteiger partial charge in [-0.25, -0.2) is 0 Å². The number of methoxy groups -OCH3 is 1. The largest absolute Gasteiger partial charge is 0.383 e. The zero-order chi connectivity index (χ0) is 11.5. The summed E-state index contributed by atoms with van der Waals surface area (Å²) in [6.45, 7) is 1.25. The lowest BCUT2D eigenvalue weighted by molar-refractivity contribution is 0.0675. The van der Waals surface area contributed by atoms with Gasteiger partial charge in [-0.2, -0.15) is 0 Å². The van der Waals surface area contributed by atoms with E-state index in [2.05, 4.69) is 20.9 Å². The molecule has 0 unspecified atom stereocenters. The summed E-state index contributed by atoms with van der Waals surface area (Å²) in [5.74, 6) is 0.0604. The van der Waals surface area contributed by atoms with E-state index >= 15 is 0 Å². The van der Waals surface area contributed by atoms with E-state index in [1.807, 2.05) is 11.0 Å². The molecule has 0 aromatic carbocycles. The van der Waals surface area contributed by atoms with E-state index in [0.717, 1.165) is 17.3 Å². The fourth-order valence-corrected chi connectivity index (χ4v) is 2.02. The van der Waals surface area contributed by atoms with Gasteiger partial charge >= 0.3 is 0 Å². The molecule has 0 spiro atoms. The molecule has 0 radical (unpaired) electrons. The Labute approximate surface area is 103 Å². The topological polar surface area (TPSA) is 45.3 Å². The van der Waals surface area contributed by atoms with Crippen LogP contribution in [0.5, 0.6) is 0 Å². The maximum Gasteiger partial charge on any atom is 0.270 e. The van der Waals surface area contributed by atoms with E-state index in [9.17, 15) is 4.79 Å². The second kappa shape index (κ2) is 5.01. The fourth-order valence-electron chi connectivity index (χ4n) is 1.67. The predicted molar refractivity (Wildman–Crippen MR) is 64.4 cm³/mol. The van der Waals surface area contributed by atoms with Gasteiger partial charge in [0.2, 0.25) is 0 Å². The van der Waals surface area contributed by atoms with Gasteiger partial charge < -0.3 is 14.6 Å². The number of carbonyl (C=O) groups is 1. The zero-order valence-electron chi connectivity index (χ0n) is 9.20. The molecule has 1 amide bonds. The van der Waals surface area contributed by atoms with Crippen molar-refractivity contribution in [3.8, 4) is 0 Å². The van der Waals surface area contributed by atoms with Crippen LogP contribution in [-0.2, 0) is 4.74 Å². The fraction of sp³-hybridized carbons (Fsp3) is 0.545. The van der Waals surface area contributed by atoms with Crippen LogP contribution in [0.15, 0.2) is 16.7 Å². The molecule has 1 saturated carbocycles. The number of ether oxygens (including phenoxy) is 1. The van der Waals surface area contributed by atoms with E-state index < -0.39 is 0 Å². The third-order valence-corrected chi connectivity index (χ3v) is 3.12. The normalized spacial score (nSPS) is 15.1. The second-order valence-electron chi connectivity index (χ2n) is 3.95. The molecule has 88 valence electrons. The van der Waals surface area contributed by atoms with Crippen LogP contribution in [0.2, 0.25) is 0 Å². The SMILES string of the molecule is COCCN(C(=O)c1cc(Br)c[nH]1)C1CC1. The molecule has 1 N–H and O–H groups in total. The standard InChI is InChI=1S/C11H15BrN2O2/c1-16-5-4-14(9-2-3-9)11(15)10-6-8(12)7-13-10/h6-7,9,13H,2-5H2,1H3. The lowest BCUT2D eigenvalue weighted by Crippen LogP contribution is -2.36. The van der Waals surface area contributed by atoms with Crippen LogP contribution >= 0.6 is 15.9 Å². The Morgan fingerprint density at radius 2 is 2.44 bits per heavy atom. The summed E-state index contributed by atoms with van der Waals surface area (Å²) in [5, 5.41) is 0. The minimum Gasteiger partial charge on any atom is -0.383 e. The first kappa shape index (κ1) is 11.7. The number of rotatable bonds is 5. The van der Waals surface area contributed by atoms with E-state index in [4.69, 9.17) is 4.74 Å². The Bertz CT molecular complexity index is 374. The highest BCUT2D eigenvalue weighted by atomic mass is 79.9. The summed E-state index contributed by atoms with van der Waals surface area (Å²) in [6.07, 6.45) is 3.99. The van der Waals surface area contributed by atoms with Crippen LogP contribution < -0.4 is 0 Å². The molecule has 0 atom stereocenters. The lowest BCUT2D eigenvalue weighted by atomic mass is 10.3. The Kier molecular flexibility index (Phi) is 3.66. The van der Waals surface area contributed by atoms with Gasteiger partial charge in [0.05, 0.1) is 6.61 Å². The van der Waals surface area contributed by atoms with E-state index in [1.165, 1.54) is 0 Å². The molecule has 1 aromatic rings. The van der Waals surface area contributed by atoms with Crippen molar-refractivity contribution >= 4 is 21.8 Å². The van der Waals surface area contributed by atoms with Crippen LogP contribution in [0, 0.1) is 0 Å². The average molecular weight is 287 g/mol. The number of carbonyl (C=O) groups excluding carboxylic acids is 1. The molecule has 0 aliphatic heterocycles. The minimum atomic E-state index is 0.0604. The molecule has 16 heavy (non-hydrogen) atoms. The number of aromatic nitrogens is 1. The monoisotopic (exact) mass is 286 g/mol. The Morgan fingerprint density at radius 3 is 2.94 bits per heavy atom. The molecule has 1 aliphatic rings. The molecule has 2 rings (SSSR count). The van der Waals surface area contributed by atoms with Crippen molar-refractivity contribution in [3.63, 3.8) is 0 Å². The summed E-state index contributed by atoms with van der Waals surface area (Å²) in [5.41, 5.74) is 0.634. The van der Waals surface area contributed by atoms with Gasteiger partial charge in [-0.05, 0) is 34.8 Å². The van der Waals surface area contributed by atoms with Crippen LogP contribution in [0.25, 0.3) is 0 Å². The van der Waals surface area contributed by atoms with Crippen molar-refractivity contribution in [2.24, 2.45) is 0 Å². The Hall–Kier alpha value is -0.810. The summed E-state index contributed by atoms with van der Waals surface area (Å²) in [7, 11) is 1.65. The van der Waals surface area contributed by atoms with E-state index in [-0.39, 0.29) is 5.91 Å². The highest BCUT2D eigenvalue weighted by Crippen LogP contribution is 2.28. The molecular weight excluding hydrogens is 272 g/mol. The molecule has 4 nitrogen and oxygen atoms in total. The van der Waals surface area contributed by atoms with Crippen LogP contribution in [0.4, 0.5) is 0 Å². The van der Waals surface area contributed by atoms with Gasteiger partial charge in [0.1, 0.15) is 5.69 Å². The first-order chi connectivity index (χ1) is 7.72. The second-order valence-corrected chi connectivity index (χ2v) is 4.87. The number of aromatic amines is 1. The van der Waals surface area contributed by atoms with Crippen LogP contribution in [-0.4, -0.2) is 42.1 Å². The maximum atomic E-state index is 12.2. The van der Waals surface area contributed by atoms with Gasteiger partial charge in [-0.3, -0.25) is 4.79 Å². The van der Waals surface area contributed by atoms with Crippen molar-refractivity contribution in [2.75, 3.05) is 20.3 Å². The number of nitrogens with zero attached hydrogens (tertiary/aromatic N) is 1. The molecule has 1 fully saturated rings. The molecular formula is C11H15BrN2O2. The zero-order valence-corrected chi connectivity index (χ0v) is 10.8. The first-order valence-electron chi connectivity index (χ1n) is 5.36. The summed E-state index contributed by atoms with van der Waals surface area (Å²) in [4.78, 5) is 17.0.